The molecule has 1 aromatic carbocycles. The van der Waals surface area contributed by atoms with E-state index in [0.717, 1.165) is 17.5 Å². The summed E-state index contributed by atoms with van der Waals surface area (Å²) < 4.78 is 0. The summed E-state index contributed by atoms with van der Waals surface area (Å²) in [6.45, 7) is 4.15. The van der Waals surface area contributed by atoms with Crippen LogP contribution in [0.25, 0.3) is 11.4 Å². The molecule has 0 aliphatic carbocycles. The lowest BCUT2D eigenvalue weighted by Gasteiger charge is -2.17. The number of carbonyl (C=O) groups is 1. The van der Waals surface area contributed by atoms with E-state index in [2.05, 4.69) is 32.9 Å². The molecule has 124 valence electrons. The van der Waals surface area contributed by atoms with E-state index in [1.54, 1.807) is 11.3 Å². The molecule has 0 aliphatic heterocycles. The van der Waals surface area contributed by atoms with Crippen molar-refractivity contribution in [3.8, 4) is 11.4 Å². The van der Waals surface area contributed by atoms with Gasteiger partial charge in [-0.05, 0) is 35.6 Å². The van der Waals surface area contributed by atoms with Gasteiger partial charge in [0.25, 0.3) is 0 Å². The van der Waals surface area contributed by atoms with Crippen LogP contribution in [-0.2, 0) is 11.3 Å². The SMILES string of the molecule is CC[C@H](NC(=O)Cn1nnc(-c2ccsc2)n1)c1ccc(C)cc1. The topological polar surface area (TPSA) is 72.7 Å². The Bertz CT molecular complexity index is 795. The number of aromatic nitrogens is 4. The number of benzene rings is 1. The van der Waals surface area contributed by atoms with Gasteiger partial charge in [0.05, 0.1) is 6.04 Å². The van der Waals surface area contributed by atoms with Crippen LogP contribution in [0, 0.1) is 6.92 Å². The molecular formula is C17H19N5OS. The smallest absolute Gasteiger partial charge is 0.244 e. The second-order valence-electron chi connectivity index (χ2n) is 5.59. The molecule has 1 atom stereocenters. The minimum atomic E-state index is -0.128. The van der Waals surface area contributed by atoms with Crippen LogP contribution in [0.15, 0.2) is 41.1 Å². The number of rotatable bonds is 6. The number of carbonyl (C=O) groups excluding carboxylic acids is 1. The Hall–Kier alpha value is -2.54. The normalized spacial score (nSPS) is 12.1. The van der Waals surface area contributed by atoms with Crippen molar-refractivity contribution in [2.75, 3.05) is 0 Å². The van der Waals surface area contributed by atoms with E-state index >= 15 is 0 Å². The van der Waals surface area contributed by atoms with E-state index in [-0.39, 0.29) is 18.5 Å². The summed E-state index contributed by atoms with van der Waals surface area (Å²) in [5.74, 6) is 0.409. The number of aryl methyl sites for hydroxylation is 1. The Kier molecular flexibility index (Phi) is 5.00. The average molecular weight is 341 g/mol. The Labute approximate surface area is 144 Å². The highest BCUT2D eigenvalue weighted by Crippen LogP contribution is 2.18. The molecule has 2 heterocycles. The van der Waals surface area contributed by atoms with Crippen LogP contribution in [0.4, 0.5) is 0 Å². The van der Waals surface area contributed by atoms with E-state index in [4.69, 9.17) is 0 Å². The summed E-state index contributed by atoms with van der Waals surface area (Å²) in [5, 5.41) is 19.1. The lowest BCUT2D eigenvalue weighted by atomic mass is 10.0. The molecule has 7 heteroatoms. The maximum atomic E-state index is 12.3. The molecule has 6 nitrogen and oxygen atoms in total. The Morgan fingerprint density at radius 2 is 2.08 bits per heavy atom. The second kappa shape index (κ2) is 7.35. The number of amides is 1. The molecule has 0 saturated carbocycles. The first-order valence-corrected chi connectivity index (χ1v) is 8.76. The molecule has 0 aliphatic rings. The number of nitrogens with one attached hydrogen (secondary N) is 1. The third-order valence-electron chi connectivity index (χ3n) is 3.74. The van der Waals surface area contributed by atoms with Crippen molar-refractivity contribution in [1.29, 1.82) is 0 Å². The first kappa shape index (κ1) is 16.3. The Balaban J connectivity index is 1.63. The van der Waals surface area contributed by atoms with E-state index in [0.29, 0.717) is 5.82 Å². The molecular weight excluding hydrogens is 322 g/mol. The predicted molar refractivity (Wildman–Crippen MR) is 93.5 cm³/mol. The maximum Gasteiger partial charge on any atom is 0.244 e. The van der Waals surface area contributed by atoms with Gasteiger partial charge in [-0.3, -0.25) is 4.79 Å². The minimum Gasteiger partial charge on any atom is -0.348 e. The van der Waals surface area contributed by atoms with Crippen molar-refractivity contribution >= 4 is 17.2 Å². The molecule has 1 amide bonds. The zero-order valence-corrected chi connectivity index (χ0v) is 14.5. The van der Waals surface area contributed by atoms with Crippen molar-refractivity contribution in [3.05, 3.63) is 52.2 Å². The van der Waals surface area contributed by atoms with Crippen LogP contribution in [0.1, 0.15) is 30.5 Å². The number of tetrazole rings is 1. The fourth-order valence-corrected chi connectivity index (χ4v) is 3.04. The maximum absolute atomic E-state index is 12.3. The zero-order valence-electron chi connectivity index (χ0n) is 13.6. The quantitative estimate of drug-likeness (QED) is 0.748. The largest absolute Gasteiger partial charge is 0.348 e. The molecule has 0 spiro atoms. The fourth-order valence-electron chi connectivity index (χ4n) is 2.41. The summed E-state index contributed by atoms with van der Waals surface area (Å²) in [4.78, 5) is 13.6. The number of hydrogen-bond acceptors (Lipinski definition) is 5. The molecule has 0 bridgehead atoms. The summed E-state index contributed by atoms with van der Waals surface area (Å²) in [6.07, 6.45) is 0.819. The van der Waals surface area contributed by atoms with Gasteiger partial charge >= 0.3 is 0 Å². The Morgan fingerprint density at radius 1 is 1.29 bits per heavy atom. The van der Waals surface area contributed by atoms with Gasteiger partial charge in [0.15, 0.2) is 0 Å². The van der Waals surface area contributed by atoms with Gasteiger partial charge in [-0.15, -0.1) is 10.2 Å². The summed E-state index contributed by atoms with van der Waals surface area (Å²) >= 11 is 1.57. The lowest BCUT2D eigenvalue weighted by molar-refractivity contribution is -0.122. The number of nitrogens with zero attached hydrogens (tertiary/aromatic N) is 4. The highest BCUT2D eigenvalue weighted by atomic mass is 32.1. The van der Waals surface area contributed by atoms with E-state index in [9.17, 15) is 4.79 Å². The third kappa shape index (κ3) is 3.86. The third-order valence-corrected chi connectivity index (χ3v) is 4.42. The molecule has 24 heavy (non-hydrogen) atoms. The van der Waals surface area contributed by atoms with Crippen molar-refractivity contribution in [2.24, 2.45) is 0 Å². The van der Waals surface area contributed by atoms with Crippen LogP contribution in [0.3, 0.4) is 0 Å². The van der Waals surface area contributed by atoms with Gasteiger partial charge in [0.2, 0.25) is 11.7 Å². The van der Waals surface area contributed by atoms with Crippen molar-refractivity contribution < 1.29 is 4.79 Å². The molecule has 0 unspecified atom stereocenters. The second-order valence-corrected chi connectivity index (χ2v) is 6.37. The van der Waals surface area contributed by atoms with Gasteiger partial charge in [-0.2, -0.15) is 16.1 Å². The number of thiophene rings is 1. The van der Waals surface area contributed by atoms with Gasteiger partial charge in [-0.1, -0.05) is 36.8 Å². The molecule has 2 aromatic heterocycles. The molecule has 0 fully saturated rings. The van der Waals surface area contributed by atoms with E-state index < -0.39 is 0 Å². The molecule has 3 rings (SSSR count). The molecule has 1 N–H and O–H groups in total. The molecule has 3 aromatic rings. The first-order chi connectivity index (χ1) is 11.7. The first-order valence-electron chi connectivity index (χ1n) is 7.82. The van der Waals surface area contributed by atoms with Crippen molar-refractivity contribution in [1.82, 2.24) is 25.5 Å². The molecule has 0 saturated heterocycles. The van der Waals surface area contributed by atoms with Crippen LogP contribution < -0.4 is 5.32 Å². The predicted octanol–water partition coefficient (Wildman–Crippen LogP) is 2.98. The van der Waals surface area contributed by atoms with Crippen LogP contribution in [-0.4, -0.2) is 26.1 Å². The van der Waals surface area contributed by atoms with Gasteiger partial charge in [0, 0.05) is 10.9 Å². The van der Waals surface area contributed by atoms with Gasteiger partial charge in [0.1, 0.15) is 6.54 Å². The van der Waals surface area contributed by atoms with Gasteiger partial charge < -0.3 is 5.32 Å². The van der Waals surface area contributed by atoms with Crippen molar-refractivity contribution in [3.63, 3.8) is 0 Å². The van der Waals surface area contributed by atoms with E-state index in [1.165, 1.54) is 10.4 Å². The standard InChI is InChI=1S/C17H19N5OS/c1-3-15(13-6-4-12(2)5-7-13)18-16(23)10-22-20-17(19-21-22)14-8-9-24-11-14/h4-9,11,15H,3,10H2,1-2H3,(H,18,23)/t15-/m0/s1. The summed E-state index contributed by atoms with van der Waals surface area (Å²) in [5.41, 5.74) is 3.22. The highest BCUT2D eigenvalue weighted by Gasteiger charge is 2.14. The van der Waals surface area contributed by atoms with Gasteiger partial charge in [-0.25, -0.2) is 0 Å². The van der Waals surface area contributed by atoms with Crippen molar-refractivity contribution in [2.45, 2.75) is 32.9 Å². The fraction of sp³-hybridized carbons (Fsp3) is 0.294. The zero-order chi connectivity index (χ0) is 16.9. The average Bonchev–Trinajstić information content (AvgIpc) is 3.24. The summed E-state index contributed by atoms with van der Waals surface area (Å²) in [7, 11) is 0. The Morgan fingerprint density at radius 3 is 2.75 bits per heavy atom. The highest BCUT2D eigenvalue weighted by molar-refractivity contribution is 7.08. The van der Waals surface area contributed by atoms with Crippen LogP contribution >= 0.6 is 11.3 Å². The van der Waals surface area contributed by atoms with Crippen LogP contribution in [0.2, 0.25) is 0 Å². The monoisotopic (exact) mass is 341 g/mol. The van der Waals surface area contributed by atoms with Crippen LogP contribution in [0.5, 0.6) is 0 Å². The van der Waals surface area contributed by atoms with E-state index in [1.807, 2.05) is 42.8 Å². The lowest BCUT2D eigenvalue weighted by Crippen LogP contribution is -2.32. The molecule has 0 radical (unpaired) electrons. The summed E-state index contributed by atoms with van der Waals surface area (Å²) in [6, 6.07) is 10.1. The minimum absolute atomic E-state index is 0.0158. The number of hydrogen-bond donors (Lipinski definition) is 1.